The standard InChI is InChI=1S/C19H30N2O/c1-16-6-2-3-7-17(16)14-20-11-12-21(18-8-4-5-9-18)19(15-20)10-13-22/h2-3,6-7,18-19,22H,4-5,8-15H2,1H3. The number of aryl methyl sites for hydroxylation is 1. The van der Waals surface area contributed by atoms with Gasteiger partial charge in [-0.2, -0.15) is 0 Å². The molecule has 1 unspecified atom stereocenters. The molecule has 1 aliphatic carbocycles. The molecule has 0 radical (unpaired) electrons. The third-order valence-corrected chi connectivity index (χ3v) is 5.52. The minimum Gasteiger partial charge on any atom is -0.396 e. The van der Waals surface area contributed by atoms with E-state index in [9.17, 15) is 5.11 Å². The molecular formula is C19H30N2O. The maximum atomic E-state index is 9.45. The highest BCUT2D eigenvalue weighted by molar-refractivity contribution is 5.25. The van der Waals surface area contributed by atoms with Crippen LogP contribution < -0.4 is 0 Å². The van der Waals surface area contributed by atoms with Crippen molar-refractivity contribution >= 4 is 0 Å². The van der Waals surface area contributed by atoms with Gasteiger partial charge in [0.25, 0.3) is 0 Å². The molecule has 1 atom stereocenters. The molecule has 22 heavy (non-hydrogen) atoms. The molecule has 2 aliphatic rings. The second-order valence-electron chi connectivity index (χ2n) is 7.00. The average Bonchev–Trinajstić information content (AvgIpc) is 3.04. The van der Waals surface area contributed by atoms with Crippen LogP contribution in [0.1, 0.15) is 43.2 Å². The molecule has 1 N–H and O–H groups in total. The van der Waals surface area contributed by atoms with Crippen LogP contribution in [0.2, 0.25) is 0 Å². The van der Waals surface area contributed by atoms with E-state index in [0.717, 1.165) is 32.1 Å². The van der Waals surface area contributed by atoms with Gasteiger partial charge in [-0.25, -0.2) is 0 Å². The summed E-state index contributed by atoms with van der Waals surface area (Å²) in [6.07, 6.45) is 6.42. The zero-order chi connectivity index (χ0) is 15.4. The lowest BCUT2D eigenvalue weighted by Crippen LogP contribution is -2.56. The third kappa shape index (κ3) is 3.70. The minimum atomic E-state index is 0.312. The predicted molar refractivity (Wildman–Crippen MR) is 90.9 cm³/mol. The Kier molecular flexibility index (Phi) is 5.51. The van der Waals surface area contributed by atoms with Crippen LogP contribution in [0.5, 0.6) is 0 Å². The number of hydrogen-bond acceptors (Lipinski definition) is 3. The summed E-state index contributed by atoms with van der Waals surface area (Å²) < 4.78 is 0. The van der Waals surface area contributed by atoms with E-state index in [1.54, 1.807) is 0 Å². The molecule has 3 heteroatoms. The molecule has 2 fully saturated rings. The van der Waals surface area contributed by atoms with Gasteiger partial charge in [0.15, 0.2) is 0 Å². The Balaban J connectivity index is 1.63. The highest BCUT2D eigenvalue weighted by atomic mass is 16.3. The Hall–Kier alpha value is -0.900. The van der Waals surface area contributed by atoms with E-state index in [1.807, 2.05) is 0 Å². The number of nitrogens with zero attached hydrogens (tertiary/aromatic N) is 2. The van der Waals surface area contributed by atoms with Gasteiger partial charge in [-0.05, 0) is 37.3 Å². The summed E-state index contributed by atoms with van der Waals surface area (Å²) in [6.45, 7) is 6.99. The maximum absolute atomic E-state index is 9.45. The highest BCUT2D eigenvalue weighted by Gasteiger charge is 2.32. The van der Waals surface area contributed by atoms with Gasteiger partial charge in [-0.3, -0.25) is 9.80 Å². The minimum absolute atomic E-state index is 0.312. The van der Waals surface area contributed by atoms with Crippen molar-refractivity contribution in [3.8, 4) is 0 Å². The summed E-state index contributed by atoms with van der Waals surface area (Å²) in [5.41, 5.74) is 2.83. The van der Waals surface area contributed by atoms with Crippen molar-refractivity contribution in [3.63, 3.8) is 0 Å². The van der Waals surface area contributed by atoms with Gasteiger partial charge in [0.05, 0.1) is 0 Å². The molecule has 1 aliphatic heterocycles. The summed E-state index contributed by atoms with van der Waals surface area (Å²) in [4.78, 5) is 5.28. The lowest BCUT2D eigenvalue weighted by Gasteiger charge is -2.44. The molecule has 1 saturated heterocycles. The van der Waals surface area contributed by atoms with E-state index in [2.05, 4.69) is 41.0 Å². The molecule has 1 heterocycles. The molecule has 0 aromatic heterocycles. The molecule has 0 amide bonds. The molecule has 1 aromatic rings. The quantitative estimate of drug-likeness (QED) is 0.906. The van der Waals surface area contributed by atoms with Crippen molar-refractivity contribution < 1.29 is 5.11 Å². The van der Waals surface area contributed by atoms with E-state index in [4.69, 9.17) is 0 Å². The van der Waals surface area contributed by atoms with Crippen molar-refractivity contribution in [1.82, 2.24) is 9.80 Å². The third-order valence-electron chi connectivity index (χ3n) is 5.52. The average molecular weight is 302 g/mol. The number of aliphatic hydroxyl groups excluding tert-OH is 1. The number of rotatable bonds is 5. The Morgan fingerprint density at radius 3 is 2.64 bits per heavy atom. The first-order chi connectivity index (χ1) is 10.8. The maximum Gasteiger partial charge on any atom is 0.0446 e. The largest absolute Gasteiger partial charge is 0.396 e. The van der Waals surface area contributed by atoms with Crippen LogP contribution in [0, 0.1) is 6.92 Å². The molecule has 1 saturated carbocycles. The Morgan fingerprint density at radius 1 is 1.14 bits per heavy atom. The van der Waals surface area contributed by atoms with Crippen molar-refractivity contribution in [2.45, 2.75) is 57.7 Å². The van der Waals surface area contributed by atoms with Crippen LogP contribution in [-0.2, 0) is 6.54 Å². The lowest BCUT2D eigenvalue weighted by molar-refractivity contribution is 0.0266. The number of hydrogen-bond donors (Lipinski definition) is 1. The second-order valence-corrected chi connectivity index (χ2v) is 7.00. The van der Waals surface area contributed by atoms with Gasteiger partial charge in [0.1, 0.15) is 0 Å². The fraction of sp³-hybridized carbons (Fsp3) is 0.684. The molecule has 3 nitrogen and oxygen atoms in total. The Morgan fingerprint density at radius 2 is 1.91 bits per heavy atom. The monoisotopic (exact) mass is 302 g/mol. The summed E-state index contributed by atoms with van der Waals surface area (Å²) >= 11 is 0. The summed E-state index contributed by atoms with van der Waals surface area (Å²) in [7, 11) is 0. The number of piperazine rings is 1. The van der Waals surface area contributed by atoms with Crippen LogP contribution in [0.4, 0.5) is 0 Å². The van der Waals surface area contributed by atoms with Gasteiger partial charge >= 0.3 is 0 Å². The van der Waals surface area contributed by atoms with E-state index in [0.29, 0.717) is 12.6 Å². The van der Waals surface area contributed by atoms with Crippen molar-refractivity contribution in [2.75, 3.05) is 26.2 Å². The number of aliphatic hydroxyl groups is 1. The van der Waals surface area contributed by atoms with Crippen LogP contribution in [0.15, 0.2) is 24.3 Å². The molecule has 122 valence electrons. The first kappa shape index (κ1) is 16.0. The molecule has 0 bridgehead atoms. The van der Waals surface area contributed by atoms with Gasteiger partial charge in [-0.15, -0.1) is 0 Å². The normalized spacial score (nSPS) is 24.9. The van der Waals surface area contributed by atoms with E-state index >= 15 is 0 Å². The summed E-state index contributed by atoms with van der Waals surface area (Å²) in [6, 6.07) is 10.0. The summed E-state index contributed by atoms with van der Waals surface area (Å²) in [5, 5.41) is 9.45. The molecule has 0 spiro atoms. The molecule has 3 rings (SSSR count). The SMILES string of the molecule is Cc1ccccc1CN1CCN(C2CCCC2)C(CCO)C1. The van der Waals surface area contributed by atoms with E-state index in [-0.39, 0.29) is 0 Å². The van der Waals surface area contributed by atoms with Gasteiger partial charge in [0.2, 0.25) is 0 Å². The van der Waals surface area contributed by atoms with Crippen molar-refractivity contribution in [1.29, 1.82) is 0 Å². The van der Waals surface area contributed by atoms with Gasteiger partial charge in [0, 0.05) is 44.9 Å². The first-order valence-corrected chi connectivity index (χ1v) is 8.91. The van der Waals surface area contributed by atoms with Gasteiger partial charge in [-0.1, -0.05) is 37.1 Å². The predicted octanol–water partition coefficient (Wildman–Crippen LogP) is 2.81. The molecule has 1 aromatic carbocycles. The number of benzene rings is 1. The zero-order valence-corrected chi connectivity index (χ0v) is 13.9. The zero-order valence-electron chi connectivity index (χ0n) is 13.9. The Labute approximate surface area is 134 Å². The second kappa shape index (κ2) is 7.58. The van der Waals surface area contributed by atoms with Crippen LogP contribution >= 0.6 is 0 Å². The topological polar surface area (TPSA) is 26.7 Å². The highest BCUT2D eigenvalue weighted by Crippen LogP contribution is 2.28. The first-order valence-electron chi connectivity index (χ1n) is 8.91. The van der Waals surface area contributed by atoms with Crippen LogP contribution in [0.25, 0.3) is 0 Å². The van der Waals surface area contributed by atoms with Crippen molar-refractivity contribution in [2.24, 2.45) is 0 Å². The summed E-state index contributed by atoms with van der Waals surface area (Å²) in [5.74, 6) is 0. The van der Waals surface area contributed by atoms with Gasteiger partial charge < -0.3 is 5.11 Å². The lowest BCUT2D eigenvalue weighted by atomic mass is 10.0. The van der Waals surface area contributed by atoms with E-state index < -0.39 is 0 Å². The van der Waals surface area contributed by atoms with E-state index in [1.165, 1.54) is 43.4 Å². The Bertz CT molecular complexity index is 470. The smallest absolute Gasteiger partial charge is 0.0446 e. The van der Waals surface area contributed by atoms with Crippen LogP contribution in [-0.4, -0.2) is 53.2 Å². The fourth-order valence-corrected chi connectivity index (χ4v) is 4.23. The van der Waals surface area contributed by atoms with Crippen molar-refractivity contribution in [3.05, 3.63) is 35.4 Å². The fourth-order valence-electron chi connectivity index (χ4n) is 4.23. The van der Waals surface area contributed by atoms with Crippen LogP contribution in [0.3, 0.4) is 0 Å². The molecular weight excluding hydrogens is 272 g/mol.